The highest BCUT2D eigenvalue weighted by molar-refractivity contribution is 5.30. The zero-order valence-corrected chi connectivity index (χ0v) is 19.3. The Morgan fingerprint density at radius 3 is 2.07 bits per heavy atom. The molecule has 0 aliphatic rings. The SMILES string of the molecule is CCCCCCCCOc1ccc(C(C)NCc2ccc(C(C)(C)C)cc2)cc1. The smallest absolute Gasteiger partial charge is 0.119 e. The molecule has 2 rings (SSSR count). The first-order valence-corrected chi connectivity index (χ1v) is 11.5. The van der Waals surface area contributed by atoms with E-state index in [4.69, 9.17) is 4.74 Å². The lowest BCUT2D eigenvalue weighted by Gasteiger charge is -2.20. The highest BCUT2D eigenvalue weighted by Crippen LogP contribution is 2.23. The Kier molecular flexibility index (Phi) is 9.73. The van der Waals surface area contributed by atoms with E-state index >= 15 is 0 Å². The molecule has 0 aliphatic heterocycles. The molecular weight excluding hydrogens is 354 g/mol. The Labute approximate surface area is 179 Å². The maximum atomic E-state index is 5.89. The number of benzene rings is 2. The van der Waals surface area contributed by atoms with Gasteiger partial charge in [0.25, 0.3) is 0 Å². The quantitative estimate of drug-likeness (QED) is 0.374. The molecule has 0 spiro atoms. The van der Waals surface area contributed by atoms with Crippen LogP contribution in [0.25, 0.3) is 0 Å². The van der Waals surface area contributed by atoms with Crippen LogP contribution in [-0.2, 0) is 12.0 Å². The summed E-state index contributed by atoms with van der Waals surface area (Å²) in [6.07, 6.45) is 7.78. The highest BCUT2D eigenvalue weighted by Gasteiger charge is 2.13. The lowest BCUT2D eigenvalue weighted by atomic mass is 9.87. The minimum Gasteiger partial charge on any atom is -0.494 e. The van der Waals surface area contributed by atoms with Crippen LogP contribution in [0.4, 0.5) is 0 Å². The van der Waals surface area contributed by atoms with E-state index in [1.54, 1.807) is 0 Å². The van der Waals surface area contributed by atoms with Gasteiger partial charge in [-0.1, -0.05) is 96.2 Å². The van der Waals surface area contributed by atoms with E-state index in [-0.39, 0.29) is 5.41 Å². The topological polar surface area (TPSA) is 21.3 Å². The number of rotatable bonds is 12. The molecule has 2 nitrogen and oxygen atoms in total. The molecule has 1 unspecified atom stereocenters. The Morgan fingerprint density at radius 1 is 0.828 bits per heavy atom. The van der Waals surface area contributed by atoms with Crippen LogP contribution in [0.5, 0.6) is 5.75 Å². The third-order valence-electron chi connectivity index (χ3n) is 5.58. The van der Waals surface area contributed by atoms with E-state index in [0.717, 1.165) is 25.3 Å². The van der Waals surface area contributed by atoms with Gasteiger partial charge in [-0.25, -0.2) is 0 Å². The molecule has 0 bridgehead atoms. The molecule has 1 atom stereocenters. The molecule has 0 radical (unpaired) electrons. The van der Waals surface area contributed by atoms with Gasteiger partial charge in [-0.05, 0) is 47.6 Å². The van der Waals surface area contributed by atoms with E-state index < -0.39 is 0 Å². The van der Waals surface area contributed by atoms with Crippen molar-refractivity contribution in [2.75, 3.05) is 6.61 Å². The van der Waals surface area contributed by atoms with Crippen molar-refractivity contribution in [2.45, 2.75) is 91.1 Å². The van der Waals surface area contributed by atoms with Crippen molar-refractivity contribution in [3.05, 3.63) is 65.2 Å². The number of hydrogen-bond acceptors (Lipinski definition) is 2. The van der Waals surface area contributed by atoms with Crippen LogP contribution in [0.2, 0.25) is 0 Å². The summed E-state index contributed by atoms with van der Waals surface area (Å²) >= 11 is 0. The minimum atomic E-state index is 0.206. The van der Waals surface area contributed by atoms with Gasteiger partial charge < -0.3 is 10.1 Å². The van der Waals surface area contributed by atoms with Crippen molar-refractivity contribution < 1.29 is 4.74 Å². The number of ether oxygens (including phenoxy) is 1. The predicted molar refractivity (Wildman–Crippen MR) is 126 cm³/mol. The second kappa shape index (κ2) is 12.0. The molecule has 0 heterocycles. The lowest BCUT2D eigenvalue weighted by Crippen LogP contribution is -2.18. The summed E-state index contributed by atoms with van der Waals surface area (Å²) in [5.41, 5.74) is 4.20. The third-order valence-corrected chi connectivity index (χ3v) is 5.58. The van der Waals surface area contributed by atoms with Gasteiger partial charge in [0.1, 0.15) is 5.75 Å². The summed E-state index contributed by atoms with van der Waals surface area (Å²) in [6, 6.07) is 17.8. The van der Waals surface area contributed by atoms with Crippen LogP contribution in [-0.4, -0.2) is 6.61 Å². The van der Waals surface area contributed by atoms with Crippen LogP contribution in [0, 0.1) is 0 Å². The van der Waals surface area contributed by atoms with E-state index in [2.05, 4.69) is 88.5 Å². The molecule has 0 saturated carbocycles. The van der Waals surface area contributed by atoms with Crippen molar-refractivity contribution in [2.24, 2.45) is 0 Å². The summed E-state index contributed by atoms with van der Waals surface area (Å²) in [6.45, 7) is 12.9. The fourth-order valence-corrected chi connectivity index (χ4v) is 3.44. The zero-order valence-electron chi connectivity index (χ0n) is 19.3. The van der Waals surface area contributed by atoms with Gasteiger partial charge in [0, 0.05) is 12.6 Å². The average Bonchev–Trinajstić information content (AvgIpc) is 2.71. The molecular formula is C27H41NO. The van der Waals surface area contributed by atoms with Crippen molar-refractivity contribution in [3.8, 4) is 5.75 Å². The summed E-state index contributed by atoms with van der Waals surface area (Å²) in [4.78, 5) is 0. The van der Waals surface area contributed by atoms with Crippen molar-refractivity contribution in [1.29, 1.82) is 0 Å². The second-order valence-electron chi connectivity index (χ2n) is 9.23. The van der Waals surface area contributed by atoms with Crippen LogP contribution < -0.4 is 10.1 Å². The molecule has 2 aromatic carbocycles. The molecule has 0 aliphatic carbocycles. The van der Waals surface area contributed by atoms with Crippen LogP contribution in [0.15, 0.2) is 48.5 Å². The van der Waals surface area contributed by atoms with Gasteiger partial charge in [0.15, 0.2) is 0 Å². The first-order chi connectivity index (χ1) is 13.9. The van der Waals surface area contributed by atoms with Gasteiger partial charge >= 0.3 is 0 Å². The third kappa shape index (κ3) is 8.62. The number of nitrogens with one attached hydrogen (secondary N) is 1. The Balaban J connectivity index is 1.72. The molecule has 2 aromatic rings. The van der Waals surface area contributed by atoms with Gasteiger partial charge in [0.2, 0.25) is 0 Å². The van der Waals surface area contributed by atoms with Gasteiger partial charge in [-0.15, -0.1) is 0 Å². The first-order valence-electron chi connectivity index (χ1n) is 11.5. The molecule has 0 saturated heterocycles. The van der Waals surface area contributed by atoms with E-state index in [9.17, 15) is 0 Å². The highest BCUT2D eigenvalue weighted by atomic mass is 16.5. The van der Waals surface area contributed by atoms with Crippen molar-refractivity contribution in [1.82, 2.24) is 5.32 Å². The standard InChI is InChI=1S/C27H41NO/c1-6-7-8-9-10-11-20-29-26-18-14-24(15-19-26)22(2)28-21-23-12-16-25(17-13-23)27(3,4)5/h12-19,22,28H,6-11,20-21H2,1-5H3. The zero-order chi connectivity index (χ0) is 21.1. The van der Waals surface area contributed by atoms with E-state index in [1.807, 2.05) is 0 Å². The van der Waals surface area contributed by atoms with Crippen LogP contribution >= 0.6 is 0 Å². The van der Waals surface area contributed by atoms with Crippen molar-refractivity contribution in [3.63, 3.8) is 0 Å². The summed E-state index contributed by atoms with van der Waals surface area (Å²) < 4.78 is 5.89. The van der Waals surface area contributed by atoms with Gasteiger partial charge in [0.05, 0.1) is 6.61 Å². The largest absolute Gasteiger partial charge is 0.494 e. The maximum absolute atomic E-state index is 5.89. The predicted octanol–water partition coefficient (Wildman–Crippen LogP) is 7.57. The monoisotopic (exact) mass is 395 g/mol. The summed E-state index contributed by atoms with van der Waals surface area (Å²) in [5.74, 6) is 0.979. The molecule has 29 heavy (non-hydrogen) atoms. The normalized spacial score (nSPS) is 12.7. The average molecular weight is 396 g/mol. The summed E-state index contributed by atoms with van der Waals surface area (Å²) in [7, 11) is 0. The molecule has 0 amide bonds. The molecule has 0 aromatic heterocycles. The lowest BCUT2D eigenvalue weighted by molar-refractivity contribution is 0.304. The molecule has 0 fully saturated rings. The minimum absolute atomic E-state index is 0.206. The Hall–Kier alpha value is -1.80. The number of hydrogen-bond donors (Lipinski definition) is 1. The Morgan fingerprint density at radius 2 is 1.45 bits per heavy atom. The van der Waals surface area contributed by atoms with Gasteiger partial charge in [-0.2, -0.15) is 0 Å². The summed E-state index contributed by atoms with van der Waals surface area (Å²) in [5, 5.41) is 3.63. The van der Waals surface area contributed by atoms with Crippen molar-refractivity contribution >= 4 is 0 Å². The van der Waals surface area contributed by atoms with Gasteiger partial charge in [-0.3, -0.25) is 0 Å². The van der Waals surface area contributed by atoms with Crippen LogP contribution in [0.1, 0.15) is 95.9 Å². The second-order valence-corrected chi connectivity index (χ2v) is 9.23. The molecule has 1 N–H and O–H groups in total. The Bertz CT molecular complexity index is 682. The molecule has 2 heteroatoms. The van der Waals surface area contributed by atoms with Crippen LogP contribution in [0.3, 0.4) is 0 Å². The fourth-order valence-electron chi connectivity index (χ4n) is 3.44. The van der Waals surface area contributed by atoms with E-state index in [1.165, 1.54) is 48.8 Å². The maximum Gasteiger partial charge on any atom is 0.119 e. The first kappa shape index (κ1) is 23.5. The van der Waals surface area contributed by atoms with E-state index in [0.29, 0.717) is 6.04 Å². The molecule has 160 valence electrons. The number of unbranched alkanes of at least 4 members (excludes halogenated alkanes) is 5. The fraction of sp³-hybridized carbons (Fsp3) is 0.556.